The van der Waals surface area contributed by atoms with E-state index in [1.54, 1.807) is 18.3 Å². The molecule has 0 radical (unpaired) electrons. The largest absolute Gasteiger partial charge is 0.445 e. The van der Waals surface area contributed by atoms with Gasteiger partial charge in [0.05, 0.1) is 12.1 Å². The Balaban J connectivity index is 1.42. The molecule has 0 unspecified atom stereocenters. The molecule has 1 aliphatic carbocycles. The van der Waals surface area contributed by atoms with Gasteiger partial charge in [-0.05, 0) is 37.3 Å². The minimum absolute atomic E-state index is 0.146. The maximum absolute atomic E-state index is 13.8. The van der Waals surface area contributed by atoms with Crippen molar-refractivity contribution in [3.05, 3.63) is 53.5 Å². The van der Waals surface area contributed by atoms with E-state index < -0.39 is 0 Å². The number of amides is 1. The third kappa shape index (κ3) is 3.46. The van der Waals surface area contributed by atoms with Crippen LogP contribution in [0.4, 0.5) is 4.39 Å². The van der Waals surface area contributed by atoms with Gasteiger partial charge in [0, 0.05) is 25.4 Å². The zero-order valence-corrected chi connectivity index (χ0v) is 14.3. The minimum atomic E-state index is -0.226. The molecule has 2 heterocycles. The summed E-state index contributed by atoms with van der Waals surface area (Å²) in [5.41, 5.74) is 0.607. The number of carbonyl (C=O) groups excluding carboxylic acids is 1. The third-order valence-corrected chi connectivity index (χ3v) is 5.43. The molecule has 2 fully saturated rings. The number of aromatic nitrogens is 1. The molecule has 1 saturated carbocycles. The first-order valence-corrected chi connectivity index (χ1v) is 9.17. The van der Waals surface area contributed by atoms with Gasteiger partial charge in [-0.25, -0.2) is 9.37 Å². The van der Waals surface area contributed by atoms with Gasteiger partial charge in [-0.15, -0.1) is 0 Å². The molecule has 1 aromatic carbocycles. The van der Waals surface area contributed by atoms with Gasteiger partial charge in [-0.2, -0.15) is 0 Å². The van der Waals surface area contributed by atoms with Crippen molar-refractivity contribution in [1.82, 2.24) is 9.88 Å². The average Bonchev–Trinajstić information content (AvgIpc) is 3.04. The van der Waals surface area contributed by atoms with Gasteiger partial charge in [0.1, 0.15) is 11.6 Å². The van der Waals surface area contributed by atoms with Crippen LogP contribution in [0.1, 0.15) is 55.2 Å². The van der Waals surface area contributed by atoms with E-state index in [4.69, 9.17) is 4.42 Å². The van der Waals surface area contributed by atoms with Gasteiger partial charge in [0.2, 0.25) is 5.91 Å². The second-order valence-corrected chi connectivity index (χ2v) is 7.18. The fraction of sp³-hybridized carbons (Fsp3) is 0.500. The van der Waals surface area contributed by atoms with Gasteiger partial charge >= 0.3 is 0 Å². The predicted octanol–water partition coefficient (Wildman–Crippen LogP) is 3.91. The van der Waals surface area contributed by atoms with Gasteiger partial charge in [0.15, 0.2) is 5.89 Å². The van der Waals surface area contributed by atoms with Crippen LogP contribution in [0.3, 0.4) is 0 Å². The number of hydrogen-bond acceptors (Lipinski definition) is 3. The van der Waals surface area contributed by atoms with Crippen LogP contribution in [0, 0.1) is 11.7 Å². The second-order valence-electron chi connectivity index (χ2n) is 7.18. The van der Waals surface area contributed by atoms with Crippen LogP contribution >= 0.6 is 0 Å². The smallest absolute Gasteiger partial charge is 0.225 e. The van der Waals surface area contributed by atoms with Gasteiger partial charge in [-0.3, -0.25) is 4.79 Å². The molecule has 1 saturated heterocycles. The van der Waals surface area contributed by atoms with Crippen molar-refractivity contribution in [2.45, 2.75) is 44.4 Å². The quantitative estimate of drug-likeness (QED) is 0.846. The lowest BCUT2D eigenvalue weighted by Gasteiger charge is -2.36. The SMILES string of the molecule is O=C(C1CCC1)N1CCC[C@@H](c2ncc(Cc3ccccc3F)o2)C1. The van der Waals surface area contributed by atoms with E-state index in [2.05, 4.69) is 4.98 Å². The second kappa shape index (κ2) is 6.98. The topological polar surface area (TPSA) is 46.3 Å². The van der Waals surface area contributed by atoms with Crippen LogP contribution in [0.2, 0.25) is 0 Å². The summed E-state index contributed by atoms with van der Waals surface area (Å²) in [5, 5.41) is 0. The highest BCUT2D eigenvalue weighted by atomic mass is 19.1. The zero-order chi connectivity index (χ0) is 17.2. The number of nitrogens with zero attached hydrogens (tertiary/aromatic N) is 2. The molecule has 1 aromatic heterocycles. The number of halogens is 1. The molecule has 0 spiro atoms. The number of likely N-dealkylation sites (tertiary alicyclic amines) is 1. The summed E-state index contributed by atoms with van der Waals surface area (Å²) in [6.07, 6.45) is 7.29. The van der Waals surface area contributed by atoms with Gasteiger partial charge in [-0.1, -0.05) is 24.6 Å². The molecule has 4 nitrogen and oxygen atoms in total. The molecule has 0 N–H and O–H groups in total. The first kappa shape index (κ1) is 16.3. The Labute approximate surface area is 147 Å². The summed E-state index contributed by atoms with van der Waals surface area (Å²) >= 11 is 0. The molecule has 1 aliphatic heterocycles. The Morgan fingerprint density at radius 3 is 2.84 bits per heavy atom. The molecular formula is C20H23FN2O2. The summed E-state index contributed by atoms with van der Waals surface area (Å²) in [6, 6.07) is 6.72. The third-order valence-electron chi connectivity index (χ3n) is 5.43. The van der Waals surface area contributed by atoms with E-state index in [-0.39, 0.29) is 17.7 Å². The van der Waals surface area contributed by atoms with E-state index in [0.717, 1.165) is 32.2 Å². The van der Waals surface area contributed by atoms with Crippen molar-refractivity contribution in [2.24, 2.45) is 5.92 Å². The number of carbonyl (C=O) groups is 1. The predicted molar refractivity (Wildman–Crippen MR) is 91.6 cm³/mol. The van der Waals surface area contributed by atoms with Gasteiger partial charge in [0.25, 0.3) is 0 Å². The van der Waals surface area contributed by atoms with Crippen LogP contribution in [0.25, 0.3) is 0 Å². The Kier molecular flexibility index (Phi) is 4.55. The summed E-state index contributed by atoms with van der Waals surface area (Å²) < 4.78 is 19.7. The summed E-state index contributed by atoms with van der Waals surface area (Å²) in [7, 11) is 0. The Morgan fingerprint density at radius 1 is 1.24 bits per heavy atom. The zero-order valence-electron chi connectivity index (χ0n) is 14.3. The molecule has 2 aliphatic rings. The number of benzene rings is 1. The van der Waals surface area contributed by atoms with Crippen molar-refractivity contribution in [1.29, 1.82) is 0 Å². The monoisotopic (exact) mass is 342 g/mol. The molecule has 1 amide bonds. The number of rotatable bonds is 4. The Hall–Kier alpha value is -2.17. The highest BCUT2D eigenvalue weighted by Crippen LogP contribution is 2.32. The Morgan fingerprint density at radius 2 is 2.08 bits per heavy atom. The molecule has 5 heteroatoms. The molecule has 0 bridgehead atoms. The number of piperidine rings is 1. The number of hydrogen-bond donors (Lipinski definition) is 0. The molecular weight excluding hydrogens is 319 g/mol. The maximum Gasteiger partial charge on any atom is 0.225 e. The van der Waals surface area contributed by atoms with Crippen LogP contribution in [0.5, 0.6) is 0 Å². The molecule has 132 valence electrons. The van der Waals surface area contributed by atoms with E-state index >= 15 is 0 Å². The van der Waals surface area contributed by atoms with Crippen molar-refractivity contribution < 1.29 is 13.6 Å². The Bertz CT molecular complexity index is 754. The first-order valence-electron chi connectivity index (χ1n) is 9.17. The summed E-state index contributed by atoms with van der Waals surface area (Å²) in [4.78, 5) is 18.9. The van der Waals surface area contributed by atoms with Crippen molar-refractivity contribution in [3.8, 4) is 0 Å². The molecule has 25 heavy (non-hydrogen) atoms. The van der Waals surface area contributed by atoms with Crippen LogP contribution in [-0.2, 0) is 11.2 Å². The van der Waals surface area contributed by atoms with Crippen LogP contribution in [0.15, 0.2) is 34.9 Å². The van der Waals surface area contributed by atoms with Crippen molar-refractivity contribution >= 4 is 5.91 Å². The first-order chi connectivity index (χ1) is 12.2. The lowest BCUT2D eigenvalue weighted by atomic mass is 9.83. The normalized spacial score (nSPS) is 21.2. The van der Waals surface area contributed by atoms with E-state index in [1.165, 1.54) is 12.5 Å². The van der Waals surface area contributed by atoms with Crippen molar-refractivity contribution in [3.63, 3.8) is 0 Å². The summed E-state index contributed by atoms with van der Waals surface area (Å²) in [6.45, 7) is 1.53. The van der Waals surface area contributed by atoms with Gasteiger partial charge < -0.3 is 9.32 Å². The van der Waals surface area contributed by atoms with Crippen molar-refractivity contribution in [2.75, 3.05) is 13.1 Å². The standard InChI is InChI=1S/C20H23FN2O2/c21-18-9-2-1-5-15(18)11-17-12-22-19(25-17)16-8-4-10-23(13-16)20(24)14-6-3-7-14/h1-2,5,9,12,14,16H,3-4,6-8,10-11,13H2/t16-/m1/s1. The van der Waals surface area contributed by atoms with E-state index in [9.17, 15) is 9.18 Å². The average molecular weight is 342 g/mol. The van der Waals surface area contributed by atoms with E-state index in [0.29, 0.717) is 36.1 Å². The number of oxazole rings is 1. The maximum atomic E-state index is 13.8. The van der Waals surface area contributed by atoms with E-state index in [1.807, 2.05) is 11.0 Å². The molecule has 1 atom stereocenters. The van der Waals surface area contributed by atoms with Crippen LogP contribution < -0.4 is 0 Å². The highest BCUT2D eigenvalue weighted by molar-refractivity contribution is 5.79. The minimum Gasteiger partial charge on any atom is -0.445 e. The highest BCUT2D eigenvalue weighted by Gasteiger charge is 2.33. The molecule has 2 aromatic rings. The van der Waals surface area contributed by atoms with Crippen LogP contribution in [-0.4, -0.2) is 28.9 Å². The fourth-order valence-corrected chi connectivity index (χ4v) is 3.71. The lowest BCUT2D eigenvalue weighted by molar-refractivity contribution is -0.139. The molecule has 4 rings (SSSR count). The fourth-order valence-electron chi connectivity index (χ4n) is 3.71. The lowest BCUT2D eigenvalue weighted by Crippen LogP contribution is -2.44. The summed E-state index contributed by atoms with van der Waals surface area (Å²) in [5.74, 6) is 1.80.